The molecule has 4 rings (SSSR count). The first-order valence-electron chi connectivity index (χ1n) is 6.36. The van der Waals surface area contributed by atoms with Crippen LogP contribution >= 0.6 is 0 Å². The van der Waals surface area contributed by atoms with Crippen molar-refractivity contribution in [2.75, 3.05) is 0 Å². The summed E-state index contributed by atoms with van der Waals surface area (Å²) in [5, 5.41) is 0. The standard InChI is InChI=1S/C15H18O/c1-8-7-16-14-6-15(3)12(4-10(8)14)9(2)11-5-13(11)15/h7,11-13H,2,4-6H2,1,3H3/t11?,12?,13?,15-/m1/s1. The Labute approximate surface area is 96.5 Å². The molecule has 1 aromatic rings. The molecule has 1 nitrogen and oxygen atoms in total. The van der Waals surface area contributed by atoms with Crippen LogP contribution in [0.1, 0.15) is 30.2 Å². The van der Waals surface area contributed by atoms with Crippen LogP contribution in [0.3, 0.4) is 0 Å². The molecular formula is C15H18O. The first kappa shape index (κ1) is 9.09. The Balaban J connectivity index is 1.84. The van der Waals surface area contributed by atoms with Gasteiger partial charge in [0.05, 0.1) is 6.26 Å². The third-order valence-corrected chi connectivity index (χ3v) is 5.50. The smallest absolute Gasteiger partial charge is 0.107 e. The number of allylic oxidation sites excluding steroid dienone is 1. The van der Waals surface area contributed by atoms with E-state index in [9.17, 15) is 0 Å². The zero-order valence-corrected chi connectivity index (χ0v) is 10.0. The van der Waals surface area contributed by atoms with Gasteiger partial charge in [-0.15, -0.1) is 0 Å². The molecule has 0 bridgehead atoms. The van der Waals surface area contributed by atoms with E-state index >= 15 is 0 Å². The van der Waals surface area contributed by atoms with Crippen molar-refractivity contribution in [3.63, 3.8) is 0 Å². The number of hydrogen-bond donors (Lipinski definition) is 0. The minimum Gasteiger partial charge on any atom is -0.469 e. The maximum absolute atomic E-state index is 5.73. The summed E-state index contributed by atoms with van der Waals surface area (Å²) >= 11 is 0. The van der Waals surface area contributed by atoms with Gasteiger partial charge in [0, 0.05) is 6.42 Å². The SMILES string of the molecule is C=C1C2CC2[C@]2(C)Cc3occ(C)c3CC12. The lowest BCUT2D eigenvalue weighted by Gasteiger charge is -2.38. The molecule has 1 heteroatoms. The summed E-state index contributed by atoms with van der Waals surface area (Å²) in [7, 11) is 0. The van der Waals surface area contributed by atoms with Gasteiger partial charge in [-0.05, 0) is 54.1 Å². The van der Waals surface area contributed by atoms with Gasteiger partial charge in [-0.3, -0.25) is 0 Å². The van der Waals surface area contributed by atoms with Gasteiger partial charge in [-0.2, -0.15) is 0 Å². The third kappa shape index (κ3) is 0.851. The van der Waals surface area contributed by atoms with E-state index in [1.165, 1.54) is 29.7 Å². The molecule has 1 aromatic heterocycles. The van der Waals surface area contributed by atoms with Gasteiger partial charge in [0.25, 0.3) is 0 Å². The molecule has 3 aliphatic rings. The fraction of sp³-hybridized carbons (Fsp3) is 0.600. The maximum atomic E-state index is 5.73. The fourth-order valence-corrected chi connectivity index (χ4v) is 4.39. The highest BCUT2D eigenvalue weighted by Crippen LogP contribution is 2.69. The molecular weight excluding hydrogens is 196 g/mol. The van der Waals surface area contributed by atoms with E-state index in [0.717, 1.165) is 24.2 Å². The van der Waals surface area contributed by atoms with E-state index in [1.807, 2.05) is 6.26 Å². The van der Waals surface area contributed by atoms with Crippen molar-refractivity contribution in [1.29, 1.82) is 0 Å². The molecule has 4 atom stereocenters. The quantitative estimate of drug-likeness (QED) is 0.602. The number of hydrogen-bond acceptors (Lipinski definition) is 1. The van der Waals surface area contributed by atoms with E-state index in [1.54, 1.807) is 5.57 Å². The lowest BCUT2D eigenvalue weighted by atomic mass is 9.65. The van der Waals surface area contributed by atoms with Gasteiger partial charge in [0.1, 0.15) is 5.76 Å². The molecule has 2 fully saturated rings. The predicted molar refractivity (Wildman–Crippen MR) is 63.2 cm³/mol. The Bertz CT molecular complexity index is 496. The highest BCUT2D eigenvalue weighted by molar-refractivity contribution is 5.40. The molecule has 0 spiro atoms. The third-order valence-electron chi connectivity index (χ3n) is 5.50. The van der Waals surface area contributed by atoms with Gasteiger partial charge in [-0.25, -0.2) is 0 Å². The van der Waals surface area contributed by atoms with Crippen molar-refractivity contribution >= 4 is 0 Å². The Kier molecular flexibility index (Phi) is 1.40. The molecule has 0 N–H and O–H groups in total. The monoisotopic (exact) mass is 214 g/mol. The number of furan rings is 1. The fourth-order valence-electron chi connectivity index (χ4n) is 4.39. The highest BCUT2D eigenvalue weighted by atomic mass is 16.3. The van der Waals surface area contributed by atoms with Gasteiger partial charge in [0.15, 0.2) is 0 Å². The first-order valence-corrected chi connectivity index (χ1v) is 6.36. The van der Waals surface area contributed by atoms with E-state index < -0.39 is 0 Å². The second-order valence-corrected chi connectivity index (χ2v) is 6.28. The Morgan fingerprint density at radius 3 is 3.12 bits per heavy atom. The van der Waals surface area contributed by atoms with Crippen molar-refractivity contribution in [3.05, 3.63) is 35.3 Å². The predicted octanol–water partition coefficient (Wildman–Crippen LogP) is 3.52. The van der Waals surface area contributed by atoms with Crippen LogP contribution in [-0.2, 0) is 12.8 Å². The summed E-state index contributed by atoms with van der Waals surface area (Å²) in [6, 6.07) is 0. The zero-order valence-electron chi connectivity index (χ0n) is 10.0. The Morgan fingerprint density at radius 1 is 1.50 bits per heavy atom. The summed E-state index contributed by atoms with van der Waals surface area (Å²) in [5.74, 6) is 3.74. The van der Waals surface area contributed by atoms with E-state index in [4.69, 9.17) is 4.42 Å². The molecule has 84 valence electrons. The summed E-state index contributed by atoms with van der Waals surface area (Å²) in [6.45, 7) is 8.99. The molecule has 3 aliphatic carbocycles. The van der Waals surface area contributed by atoms with E-state index in [0.29, 0.717) is 5.41 Å². The number of fused-ring (bicyclic) bond motifs is 4. The van der Waals surface area contributed by atoms with Crippen LogP contribution in [0.15, 0.2) is 22.8 Å². The van der Waals surface area contributed by atoms with Crippen LogP contribution in [0, 0.1) is 30.1 Å². The average molecular weight is 214 g/mol. The second kappa shape index (κ2) is 2.47. The number of aryl methyl sites for hydroxylation is 1. The van der Waals surface area contributed by atoms with Gasteiger partial charge < -0.3 is 4.42 Å². The molecule has 0 amide bonds. The van der Waals surface area contributed by atoms with Crippen molar-refractivity contribution in [3.8, 4) is 0 Å². The van der Waals surface area contributed by atoms with Crippen LogP contribution in [0.4, 0.5) is 0 Å². The van der Waals surface area contributed by atoms with Gasteiger partial charge in [0.2, 0.25) is 0 Å². The van der Waals surface area contributed by atoms with Crippen LogP contribution in [0.25, 0.3) is 0 Å². The van der Waals surface area contributed by atoms with Crippen molar-refractivity contribution in [2.24, 2.45) is 23.2 Å². The highest BCUT2D eigenvalue weighted by Gasteiger charge is 2.63. The maximum Gasteiger partial charge on any atom is 0.107 e. The van der Waals surface area contributed by atoms with Crippen molar-refractivity contribution < 1.29 is 4.42 Å². The Morgan fingerprint density at radius 2 is 2.31 bits per heavy atom. The normalized spacial score (nSPS) is 43.9. The second-order valence-electron chi connectivity index (χ2n) is 6.28. The van der Waals surface area contributed by atoms with Crippen LogP contribution in [0.2, 0.25) is 0 Å². The van der Waals surface area contributed by atoms with Crippen LogP contribution in [-0.4, -0.2) is 0 Å². The van der Waals surface area contributed by atoms with Crippen molar-refractivity contribution in [1.82, 2.24) is 0 Å². The van der Waals surface area contributed by atoms with E-state index in [-0.39, 0.29) is 0 Å². The average Bonchev–Trinajstić information content (AvgIpc) is 2.94. The minimum atomic E-state index is 0.457. The lowest BCUT2D eigenvalue weighted by molar-refractivity contribution is 0.174. The Hall–Kier alpha value is -0.980. The minimum absolute atomic E-state index is 0.457. The summed E-state index contributed by atoms with van der Waals surface area (Å²) < 4.78 is 5.73. The first-order chi connectivity index (χ1) is 7.61. The lowest BCUT2D eigenvalue weighted by Crippen LogP contribution is -2.34. The molecule has 1 heterocycles. The summed E-state index contributed by atoms with van der Waals surface area (Å²) in [6.07, 6.45) is 5.64. The molecule has 3 unspecified atom stereocenters. The van der Waals surface area contributed by atoms with E-state index in [2.05, 4.69) is 20.4 Å². The summed E-state index contributed by atoms with van der Waals surface area (Å²) in [5.41, 5.74) is 4.81. The topological polar surface area (TPSA) is 13.1 Å². The van der Waals surface area contributed by atoms with Crippen LogP contribution < -0.4 is 0 Å². The van der Waals surface area contributed by atoms with Crippen LogP contribution in [0.5, 0.6) is 0 Å². The zero-order chi connectivity index (χ0) is 11.1. The van der Waals surface area contributed by atoms with Gasteiger partial charge in [-0.1, -0.05) is 19.1 Å². The molecule has 2 saturated carbocycles. The summed E-state index contributed by atoms with van der Waals surface area (Å²) in [4.78, 5) is 0. The molecule has 0 radical (unpaired) electrons. The van der Waals surface area contributed by atoms with Gasteiger partial charge >= 0.3 is 0 Å². The molecule has 16 heavy (non-hydrogen) atoms. The number of rotatable bonds is 0. The molecule has 0 saturated heterocycles. The molecule has 0 aromatic carbocycles. The molecule has 0 aliphatic heterocycles. The van der Waals surface area contributed by atoms with Crippen molar-refractivity contribution in [2.45, 2.75) is 33.1 Å². The largest absolute Gasteiger partial charge is 0.469 e.